The van der Waals surface area contributed by atoms with Crippen molar-refractivity contribution in [3.8, 4) is 0 Å². The van der Waals surface area contributed by atoms with Gasteiger partial charge in [-0.1, -0.05) is 26.0 Å². The van der Waals surface area contributed by atoms with Gasteiger partial charge < -0.3 is 16.1 Å². The summed E-state index contributed by atoms with van der Waals surface area (Å²) >= 11 is 5.01. The Morgan fingerprint density at radius 3 is 2.11 bits per heavy atom. The minimum absolute atomic E-state index is 0.605. The van der Waals surface area contributed by atoms with Crippen LogP contribution in [0.15, 0.2) is 29.4 Å². The Labute approximate surface area is 115 Å². The number of benzene rings is 1. The van der Waals surface area contributed by atoms with Crippen molar-refractivity contribution in [2.45, 2.75) is 20.8 Å². The lowest BCUT2D eigenvalue weighted by atomic mass is 10.1. The number of hydrazone groups is 1. The lowest BCUT2D eigenvalue weighted by Gasteiger charge is -2.07. The Balaban J connectivity index is 0.00000137. The van der Waals surface area contributed by atoms with Gasteiger partial charge in [-0.05, 0) is 36.8 Å². The average molecular weight is 266 g/mol. The van der Waals surface area contributed by atoms with Gasteiger partial charge in [-0.3, -0.25) is 0 Å². The van der Waals surface area contributed by atoms with E-state index in [1.54, 1.807) is 14.1 Å². The molecule has 0 aliphatic rings. The van der Waals surface area contributed by atoms with Crippen LogP contribution in [0.3, 0.4) is 0 Å². The molecule has 18 heavy (non-hydrogen) atoms. The van der Waals surface area contributed by atoms with Crippen LogP contribution in [0.25, 0.3) is 0 Å². The summed E-state index contributed by atoms with van der Waals surface area (Å²) in [5, 5.41) is 10.6. The Morgan fingerprint density at radius 1 is 1.11 bits per heavy atom. The molecule has 0 atom stereocenters. The fourth-order valence-corrected chi connectivity index (χ4v) is 1.34. The van der Waals surface area contributed by atoms with Gasteiger partial charge >= 0.3 is 0 Å². The Kier molecular flexibility index (Phi) is 8.57. The molecule has 0 saturated carbocycles. The fourth-order valence-electron chi connectivity index (χ4n) is 1.22. The lowest BCUT2D eigenvalue weighted by Crippen LogP contribution is -2.24. The SMILES string of the molecule is CC.CN/N=C(\C)c1ccc(NC(=S)NC)cc1. The molecule has 3 N–H and O–H groups in total. The topological polar surface area (TPSA) is 48.5 Å². The highest BCUT2D eigenvalue weighted by atomic mass is 32.1. The summed E-state index contributed by atoms with van der Waals surface area (Å²) in [5.74, 6) is 0. The van der Waals surface area contributed by atoms with Crippen molar-refractivity contribution in [3.63, 3.8) is 0 Å². The number of hydrogen-bond donors (Lipinski definition) is 3. The zero-order valence-corrected chi connectivity index (χ0v) is 12.5. The smallest absolute Gasteiger partial charge is 0.170 e. The number of nitrogens with one attached hydrogen (secondary N) is 3. The third-order valence-corrected chi connectivity index (χ3v) is 2.37. The lowest BCUT2D eigenvalue weighted by molar-refractivity contribution is 0.900. The van der Waals surface area contributed by atoms with Gasteiger partial charge in [0.25, 0.3) is 0 Å². The first-order valence-electron chi connectivity index (χ1n) is 5.97. The molecule has 0 amide bonds. The van der Waals surface area contributed by atoms with Crippen LogP contribution in [0.1, 0.15) is 26.3 Å². The van der Waals surface area contributed by atoms with Gasteiger partial charge in [-0.15, -0.1) is 0 Å². The largest absolute Gasteiger partial charge is 0.366 e. The van der Waals surface area contributed by atoms with Crippen LogP contribution in [0, 0.1) is 0 Å². The average Bonchev–Trinajstić information content (AvgIpc) is 2.42. The van der Waals surface area contributed by atoms with Crippen LogP contribution in [-0.4, -0.2) is 24.9 Å². The molecule has 5 heteroatoms. The summed E-state index contributed by atoms with van der Waals surface area (Å²) in [7, 11) is 3.57. The molecule has 1 aromatic rings. The first kappa shape index (κ1) is 16.4. The standard InChI is InChI=1S/C11H16N4S.C2H6/c1-8(15-13-3)9-4-6-10(7-5-9)14-11(16)12-2;1-2/h4-7,13H,1-3H3,(H2,12,14,16);1-2H3/b15-8+;. The zero-order valence-electron chi connectivity index (χ0n) is 11.7. The van der Waals surface area contributed by atoms with E-state index in [9.17, 15) is 0 Å². The molecule has 1 aromatic carbocycles. The molecular formula is C13H22N4S. The monoisotopic (exact) mass is 266 g/mol. The number of anilines is 1. The predicted octanol–water partition coefficient (Wildman–Crippen LogP) is 2.57. The summed E-state index contributed by atoms with van der Waals surface area (Å²) in [6.45, 7) is 5.96. The highest BCUT2D eigenvalue weighted by Gasteiger charge is 1.98. The van der Waals surface area contributed by atoms with Crippen LogP contribution in [0.4, 0.5) is 5.69 Å². The highest BCUT2D eigenvalue weighted by molar-refractivity contribution is 7.80. The summed E-state index contributed by atoms with van der Waals surface area (Å²) in [6.07, 6.45) is 0. The first-order valence-corrected chi connectivity index (χ1v) is 6.38. The number of thiocarbonyl (C=S) groups is 1. The molecule has 1 rings (SSSR count). The summed E-state index contributed by atoms with van der Waals surface area (Å²) < 4.78 is 0. The van der Waals surface area contributed by atoms with E-state index in [1.807, 2.05) is 45.0 Å². The maximum absolute atomic E-state index is 5.01. The molecule has 0 saturated heterocycles. The van der Waals surface area contributed by atoms with Crippen molar-refractivity contribution in [2.24, 2.45) is 5.10 Å². The third-order valence-electron chi connectivity index (χ3n) is 2.07. The fraction of sp³-hybridized carbons (Fsp3) is 0.385. The molecule has 4 nitrogen and oxygen atoms in total. The molecule has 0 spiro atoms. The Bertz CT molecular complexity index is 384. The van der Waals surface area contributed by atoms with Crippen molar-refractivity contribution in [2.75, 3.05) is 19.4 Å². The Hall–Kier alpha value is -1.62. The summed E-state index contributed by atoms with van der Waals surface area (Å²) in [6, 6.07) is 7.93. The van der Waals surface area contributed by atoms with Crippen molar-refractivity contribution < 1.29 is 0 Å². The van der Waals surface area contributed by atoms with Crippen LogP contribution in [0.5, 0.6) is 0 Å². The van der Waals surface area contributed by atoms with E-state index in [-0.39, 0.29) is 0 Å². The summed E-state index contributed by atoms with van der Waals surface area (Å²) in [4.78, 5) is 0. The molecule has 0 bridgehead atoms. The first-order chi connectivity index (χ1) is 8.67. The second-order valence-electron chi connectivity index (χ2n) is 3.20. The third kappa shape index (κ3) is 5.63. The quantitative estimate of drug-likeness (QED) is 0.447. The molecule has 0 unspecified atom stereocenters. The van der Waals surface area contributed by atoms with Gasteiger partial charge in [0.15, 0.2) is 5.11 Å². The van der Waals surface area contributed by atoms with Crippen LogP contribution < -0.4 is 16.1 Å². The van der Waals surface area contributed by atoms with E-state index in [1.165, 1.54) is 0 Å². The maximum Gasteiger partial charge on any atom is 0.170 e. The normalized spacial score (nSPS) is 9.94. The van der Waals surface area contributed by atoms with Gasteiger partial charge in [0.2, 0.25) is 0 Å². The summed E-state index contributed by atoms with van der Waals surface area (Å²) in [5.41, 5.74) is 5.75. The van der Waals surface area contributed by atoms with E-state index in [4.69, 9.17) is 12.2 Å². The van der Waals surface area contributed by atoms with Crippen LogP contribution >= 0.6 is 12.2 Å². The second kappa shape index (κ2) is 9.41. The molecule has 0 aliphatic heterocycles. The second-order valence-corrected chi connectivity index (χ2v) is 3.61. The van der Waals surface area contributed by atoms with Gasteiger partial charge in [0, 0.05) is 19.8 Å². The van der Waals surface area contributed by atoms with Gasteiger partial charge in [0.05, 0.1) is 5.71 Å². The number of nitrogens with zero attached hydrogens (tertiary/aromatic N) is 1. The molecule has 0 fully saturated rings. The van der Waals surface area contributed by atoms with Gasteiger partial charge in [-0.25, -0.2) is 0 Å². The van der Waals surface area contributed by atoms with Crippen molar-refractivity contribution >= 4 is 28.7 Å². The molecular weight excluding hydrogens is 244 g/mol. The minimum Gasteiger partial charge on any atom is -0.366 e. The van der Waals surface area contributed by atoms with Crippen molar-refractivity contribution in [1.29, 1.82) is 0 Å². The van der Waals surface area contributed by atoms with E-state index < -0.39 is 0 Å². The van der Waals surface area contributed by atoms with Gasteiger partial charge in [-0.2, -0.15) is 5.10 Å². The number of rotatable bonds is 3. The van der Waals surface area contributed by atoms with E-state index >= 15 is 0 Å². The van der Waals surface area contributed by atoms with E-state index in [0.717, 1.165) is 17.0 Å². The maximum atomic E-state index is 5.01. The molecule has 100 valence electrons. The molecule has 0 aromatic heterocycles. The van der Waals surface area contributed by atoms with Crippen LogP contribution in [-0.2, 0) is 0 Å². The minimum atomic E-state index is 0.605. The molecule has 0 radical (unpaired) electrons. The predicted molar refractivity (Wildman–Crippen MR) is 84.3 cm³/mol. The number of hydrogen-bond acceptors (Lipinski definition) is 3. The molecule has 0 heterocycles. The zero-order chi connectivity index (χ0) is 14.0. The Morgan fingerprint density at radius 2 is 1.67 bits per heavy atom. The molecule has 0 aliphatic carbocycles. The van der Waals surface area contributed by atoms with E-state index in [2.05, 4.69) is 21.2 Å². The van der Waals surface area contributed by atoms with Crippen LogP contribution in [0.2, 0.25) is 0 Å². The van der Waals surface area contributed by atoms with Crippen molar-refractivity contribution in [1.82, 2.24) is 10.7 Å². The van der Waals surface area contributed by atoms with Gasteiger partial charge in [0.1, 0.15) is 0 Å². The highest BCUT2D eigenvalue weighted by Crippen LogP contribution is 2.10. The van der Waals surface area contributed by atoms with Crippen molar-refractivity contribution in [3.05, 3.63) is 29.8 Å². The van der Waals surface area contributed by atoms with E-state index in [0.29, 0.717) is 5.11 Å².